The van der Waals surface area contributed by atoms with E-state index in [4.69, 9.17) is 13.6 Å². The highest BCUT2D eigenvalue weighted by Crippen LogP contribution is 2.76. The van der Waals surface area contributed by atoms with Gasteiger partial charge in [-0.2, -0.15) is 53.1 Å². The summed E-state index contributed by atoms with van der Waals surface area (Å²) in [5.74, 6) is 0. The Morgan fingerprint density at radius 1 is 0.451 bits per heavy atom. The zero-order valence-corrected chi connectivity index (χ0v) is 29.1. The fourth-order valence-electron chi connectivity index (χ4n) is 4.14. The fraction of sp³-hybridized carbons (Fsp3) is 0.444. The normalized spacial score (nSPS) is 22.5. The van der Waals surface area contributed by atoms with Crippen LogP contribution in [0.2, 0.25) is 0 Å². The summed E-state index contributed by atoms with van der Waals surface area (Å²) < 4.78 is 152. The first-order valence-corrected chi connectivity index (χ1v) is 19.8. The van der Waals surface area contributed by atoms with Crippen LogP contribution in [0.3, 0.4) is 0 Å². The van der Waals surface area contributed by atoms with E-state index in [1.165, 1.54) is 18.6 Å². The number of hydrogen-bond acceptors (Lipinski definition) is 12. The van der Waals surface area contributed by atoms with E-state index in [9.17, 15) is 39.5 Å². The standard InChI is InChI=1S/C27H33F9N9O3P3/c28-25(29,30)19-46-49(40-16-10-22-7-1-4-13-37-22)43-50(47-20-26(31,32)33,41-17-11-23-8-2-5-14-38-23)45-51(44-49,48-21-27(34,35)36)42-18-12-24-9-3-6-15-39-24/h1-9,13-15,40-42H,10-12,16-21H2. The van der Waals surface area contributed by atoms with Crippen LogP contribution in [0, 0.1) is 0 Å². The van der Waals surface area contributed by atoms with Crippen LogP contribution in [0.4, 0.5) is 39.5 Å². The van der Waals surface area contributed by atoms with Crippen molar-refractivity contribution in [1.82, 2.24) is 30.2 Å². The molecule has 0 saturated carbocycles. The van der Waals surface area contributed by atoms with Crippen LogP contribution in [0.1, 0.15) is 17.1 Å². The van der Waals surface area contributed by atoms with Crippen molar-refractivity contribution in [3.05, 3.63) is 90.3 Å². The number of alkyl halides is 9. The molecule has 24 heteroatoms. The second-order valence-electron chi connectivity index (χ2n) is 10.5. The minimum atomic E-state index is -5.02. The molecule has 0 aromatic carbocycles. The van der Waals surface area contributed by atoms with Crippen molar-refractivity contribution in [1.29, 1.82) is 0 Å². The molecule has 0 saturated heterocycles. The lowest BCUT2D eigenvalue weighted by molar-refractivity contribution is -0.152. The summed E-state index contributed by atoms with van der Waals surface area (Å²) in [4.78, 5) is 12.4. The van der Waals surface area contributed by atoms with Crippen molar-refractivity contribution < 1.29 is 53.1 Å². The van der Waals surface area contributed by atoms with E-state index >= 15 is 0 Å². The maximum Gasteiger partial charge on any atom is 0.412 e. The molecule has 0 amide bonds. The molecular formula is C27H33F9N9O3P3. The molecule has 0 spiro atoms. The molecule has 0 unspecified atom stereocenters. The Bertz CT molecular complexity index is 1490. The van der Waals surface area contributed by atoms with Crippen LogP contribution in [0.15, 0.2) is 86.7 Å². The highest BCUT2D eigenvalue weighted by molar-refractivity contribution is 7.81. The van der Waals surface area contributed by atoms with Crippen LogP contribution in [-0.2, 0) is 32.8 Å². The molecule has 1 aliphatic heterocycles. The third kappa shape index (κ3) is 14.7. The van der Waals surface area contributed by atoms with Gasteiger partial charge in [-0.25, -0.2) is 15.3 Å². The molecule has 3 aromatic rings. The summed E-state index contributed by atoms with van der Waals surface area (Å²) in [7, 11) is -13.9. The average Bonchev–Trinajstić information content (AvgIpc) is 3.06. The summed E-state index contributed by atoms with van der Waals surface area (Å²) >= 11 is 0. The largest absolute Gasteiger partial charge is 0.412 e. The van der Waals surface area contributed by atoms with E-state index < -0.39 is 61.1 Å². The van der Waals surface area contributed by atoms with Gasteiger partial charge in [0.05, 0.1) is 0 Å². The van der Waals surface area contributed by atoms with Gasteiger partial charge in [-0.05, 0) is 36.4 Å². The Kier molecular flexibility index (Phi) is 14.4. The van der Waals surface area contributed by atoms with Crippen molar-refractivity contribution in [2.45, 2.75) is 37.8 Å². The Balaban J connectivity index is 1.88. The Morgan fingerprint density at radius 3 is 0.941 bits per heavy atom. The van der Waals surface area contributed by atoms with Gasteiger partial charge in [0.25, 0.3) is 22.7 Å². The zero-order chi connectivity index (χ0) is 37.1. The lowest BCUT2D eigenvalue weighted by atomic mass is 10.3. The molecule has 3 N–H and O–H groups in total. The molecule has 282 valence electrons. The molecule has 12 nitrogen and oxygen atoms in total. The van der Waals surface area contributed by atoms with Gasteiger partial charge in [0.15, 0.2) is 19.8 Å². The topological polar surface area (TPSA) is 140 Å². The van der Waals surface area contributed by atoms with Gasteiger partial charge in [-0.1, -0.05) is 18.2 Å². The quantitative estimate of drug-likeness (QED) is 0.0858. The third-order valence-electron chi connectivity index (χ3n) is 6.23. The monoisotopic (exact) mass is 795 g/mol. The van der Waals surface area contributed by atoms with Crippen molar-refractivity contribution in [2.24, 2.45) is 13.5 Å². The number of rotatable bonds is 18. The van der Waals surface area contributed by atoms with Crippen LogP contribution in [0.25, 0.3) is 0 Å². The summed E-state index contributed by atoms with van der Waals surface area (Å²) in [5, 5.41) is 7.98. The predicted octanol–water partition coefficient (Wildman–Crippen LogP) is 8.26. The fourth-order valence-corrected chi connectivity index (χ4v) is 14.7. The van der Waals surface area contributed by atoms with Crippen molar-refractivity contribution >= 4 is 22.7 Å². The molecule has 4 heterocycles. The number of nitrogens with zero attached hydrogens (tertiary/aromatic N) is 6. The van der Waals surface area contributed by atoms with E-state index in [1.54, 1.807) is 54.6 Å². The lowest BCUT2D eigenvalue weighted by Gasteiger charge is -2.36. The lowest BCUT2D eigenvalue weighted by Crippen LogP contribution is -2.27. The number of hydrogen-bond donors (Lipinski definition) is 3. The maximum absolute atomic E-state index is 13.7. The summed E-state index contributed by atoms with van der Waals surface area (Å²) in [6.45, 7) is -6.87. The van der Waals surface area contributed by atoms with E-state index in [0.717, 1.165) is 0 Å². The molecule has 0 fully saturated rings. The predicted molar refractivity (Wildman–Crippen MR) is 172 cm³/mol. The van der Waals surface area contributed by atoms with E-state index in [1.807, 2.05) is 0 Å². The molecule has 0 atom stereocenters. The molecule has 0 bridgehead atoms. The number of aromatic nitrogens is 3. The number of pyridine rings is 3. The molecule has 51 heavy (non-hydrogen) atoms. The van der Waals surface area contributed by atoms with Gasteiger partial charge in [0, 0.05) is 74.6 Å². The van der Waals surface area contributed by atoms with Gasteiger partial charge in [0.1, 0.15) is 0 Å². The SMILES string of the molecule is FC(F)(F)COP1(NCCc2ccccn2)=NP(NCCc2ccccn2)(OCC(F)(F)F)=NP(NCCc2ccccn2)(OCC(F)(F)F)=N1. The molecule has 1 aliphatic rings. The molecule has 0 aliphatic carbocycles. The first kappa shape index (κ1) is 41.0. The minimum Gasteiger partial charge on any atom is -0.306 e. The molecular weight excluding hydrogens is 762 g/mol. The number of halogens is 9. The Morgan fingerprint density at radius 2 is 0.725 bits per heavy atom. The second kappa shape index (κ2) is 17.9. The van der Waals surface area contributed by atoms with Crippen LogP contribution < -0.4 is 15.3 Å². The smallest absolute Gasteiger partial charge is 0.306 e. The Labute approximate surface area is 287 Å². The van der Waals surface area contributed by atoms with E-state index in [2.05, 4.69) is 43.8 Å². The summed E-state index contributed by atoms with van der Waals surface area (Å²) in [6, 6.07) is 14.6. The Hall–Kier alpha value is -2.73. The van der Waals surface area contributed by atoms with Crippen molar-refractivity contribution in [3.8, 4) is 0 Å². The number of nitrogens with one attached hydrogen (secondary N) is 3. The summed E-state index contributed by atoms with van der Waals surface area (Å²) in [5.41, 5.74) is 1.35. The zero-order valence-electron chi connectivity index (χ0n) is 26.4. The maximum atomic E-state index is 13.7. The highest BCUT2D eigenvalue weighted by Gasteiger charge is 2.45. The van der Waals surface area contributed by atoms with E-state index in [-0.39, 0.29) is 38.9 Å². The van der Waals surface area contributed by atoms with Gasteiger partial charge < -0.3 is 13.6 Å². The van der Waals surface area contributed by atoms with Gasteiger partial charge in [0.2, 0.25) is 0 Å². The highest BCUT2D eigenvalue weighted by atomic mass is 31.3. The van der Waals surface area contributed by atoms with E-state index in [0.29, 0.717) is 17.1 Å². The van der Waals surface area contributed by atoms with Gasteiger partial charge in [-0.3, -0.25) is 15.0 Å². The first-order valence-electron chi connectivity index (χ1n) is 15.0. The first-order chi connectivity index (χ1) is 24.0. The summed E-state index contributed by atoms with van der Waals surface area (Å²) in [6.07, 6.45) is -10.6. The average molecular weight is 796 g/mol. The molecule has 3 aromatic heterocycles. The van der Waals surface area contributed by atoms with Crippen LogP contribution in [-0.4, -0.2) is 72.9 Å². The van der Waals surface area contributed by atoms with Crippen LogP contribution >= 0.6 is 22.7 Å². The van der Waals surface area contributed by atoms with Gasteiger partial charge >= 0.3 is 18.5 Å². The molecule has 4 rings (SSSR count). The van der Waals surface area contributed by atoms with Crippen molar-refractivity contribution in [2.75, 3.05) is 39.5 Å². The second-order valence-corrected chi connectivity index (χ2v) is 17.6. The third-order valence-corrected chi connectivity index (χ3v) is 15.4. The van der Waals surface area contributed by atoms with Crippen LogP contribution in [0.5, 0.6) is 0 Å². The minimum absolute atomic E-state index is 0.0318. The van der Waals surface area contributed by atoms with Crippen molar-refractivity contribution in [3.63, 3.8) is 0 Å². The van der Waals surface area contributed by atoms with Gasteiger partial charge in [-0.15, -0.1) is 0 Å². The molecule has 0 radical (unpaired) electrons.